The Morgan fingerprint density at radius 3 is 2.43 bits per heavy atom. The van der Waals surface area contributed by atoms with Gasteiger partial charge in [0.2, 0.25) is 5.91 Å². The van der Waals surface area contributed by atoms with E-state index < -0.39 is 39.7 Å². The first-order valence-corrected chi connectivity index (χ1v) is 14.0. The number of rotatable bonds is 12. The number of halogens is 2. The molecule has 0 saturated carbocycles. The molecule has 0 radical (unpaired) electrons. The van der Waals surface area contributed by atoms with Gasteiger partial charge in [-0.25, -0.2) is 26.9 Å². The standard InChI is InChI=1S/C25H30F2N4O4S2/c1-4-17-6-5-7-18(8-17)13-28-14-23(33)22(11-19-9-20(26)12-21(27)10-19)31-37(34,35)24-15(2)29-25(36-24)30-16(3)32/h5-10,12,22-23,28,31,33H,4,11,13-14H2,1-3H3,(H,29,30,32)/t22-,23+/m0/s1. The van der Waals surface area contributed by atoms with Gasteiger partial charge in [-0.3, -0.25) is 4.79 Å². The summed E-state index contributed by atoms with van der Waals surface area (Å²) in [5.74, 6) is -2.01. The van der Waals surface area contributed by atoms with Crippen molar-refractivity contribution in [1.82, 2.24) is 15.0 Å². The molecule has 200 valence electrons. The summed E-state index contributed by atoms with van der Waals surface area (Å²) in [5, 5.41) is 16.6. The third-order valence-corrected chi connectivity index (χ3v) is 8.68. The lowest BCUT2D eigenvalue weighted by molar-refractivity contribution is -0.114. The van der Waals surface area contributed by atoms with Crippen molar-refractivity contribution in [2.75, 3.05) is 11.9 Å². The van der Waals surface area contributed by atoms with E-state index in [0.29, 0.717) is 6.54 Å². The van der Waals surface area contributed by atoms with Crippen molar-refractivity contribution >= 4 is 32.4 Å². The van der Waals surface area contributed by atoms with Crippen LogP contribution in [0.25, 0.3) is 0 Å². The second-order valence-electron chi connectivity index (χ2n) is 8.65. The number of aryl methyl sites for hydroxylation is 2. The lowest BCUT2D eigenvalue weighted by Gasteiger charge is -2.24. The maximum atomic E-state index is 13.8. The van der Waals surface area contributed by atoms with Crippen molar-refractivity contribution < 1.29 is 27.1 Å². The van der Waals surface area contributed by atoms with Crippen LogP contribution in [0, 0.1) is 18.6 Å². The molecule has 1 amide bonds. The summed E-state index contributed by atoms with van der Waals surface area (Å²) >= 11 is 0.767. The molecule has 0 saturated heterocycles. The molecular formula is C25H30F2N4O4S2. The summed E-state index contributed by atoms with van der Waals surface area (Å²) < 4.78 is 56.4. The number of aromatic nitrogens is 1. The Kier molecular flexibility index (Phi) is 9.85. The van der Waals surface area contributed by atoms with Crippen LogP contribution in [0.4, 0.5) is 13.9 Å². The van der Waals surface area contributed by atoms with Crippen LogP contribution in [-0.2, 0) is 34.2 Å². The maximum absolute atomic E-state index is 13.8. The molecule has 3 rings (SSSR count). The summed E-state index contributed by atoms with van der Waals surface area (Å²) in [6.45, 7) is 5.26. The third-order valence-electron chi connectivity index (χ3n) is 5.51. The lowest BCUT2D eigenvalue weighted by atomic mass is 10.0. The fourth-order valence-electron chi connectivity index (χ4n) is 3.79. The highest BCUT2D eigenvalue weighted by atomic mass is 32.2. The van der Waals surface area contributed by atoms with Gasteiger partial charge in [0.05, 0.1) is 17.8 Å². The van der Waals surface area contributed by atoms with E-state index in [1.807, 2.05) is 31.2 Å². The zero-order valence-electron chi connectivity index (χ0n) is 20.7. The van der Waals surface area contributed by atoms with Crippen LogP contribution in [0.1, 0.15) is 36.2 Å². The Bertz CT molecular complexity index is 1330. The van der Waals surface area contributed by atoms with Gasteiger partial charge in [0, 0.05) is 26.1 Å². The van der Waals surface area contributed by atoms with Crippen molar-refractivity contribution in [3.63, 3.8) is 0 Å². The number of amides is 1. The Labute approximate surface area is 219 Å². The van der Waals surface area contributed by atoms with E-state index in [1.54, 1.807) is 0 Å². The normalized spacial score (nSPS) is 13.4. The van der Waals surface area contributed by atoms with E-state index >= 15 is 0 Å². The molecule has 1 heterocycles. The molecule has 2 aromatic carbocycles. The number of aliphatic hydroxyl groups is 1. The predicted octanol–water partition coefficient (Wildman–Crippen LogP) is 3.29. The molecule has 0 aliphatic carbocycles. The number of carbonyl (C=O) groups excluding carboxylic acids is 1. The van der Waals surface area contributed by atoms with E-state index in [4.69, 9.17) is 0 Å². The highest BCUT2D eigenvalue weighted by molar-refractivity contribution is 7.91. The van der Waals surface area contributed by atoms with Crippen molar-refractivity contribution in [3.05, 3.63) is 76.5 Å². The first-order valence-electron chi connectivity index (χ1n) is 11.7. The van der Waals surface area contributed by atoms with Gasteiger partial charge >= 0.3 is 0 Å². The maximum Gasteiger partial charge on any atom is 0.252 e. The number of sulfonamides is 1. The number of anilines is 1. The minimum absolute atomic E-state index is 0.0140. The summed E-state index contributed by atoms with van der Waals surface area (Å²) in [6.07, 6.45) is -0.526. The number of thiazole rings is 1. The number of carbonyl (C=O) groups is 1. The van der Waals surface area contributed by atoms with Gasteiger partial charge in [-0.1, -0.05) is 42.5 Å². The Morgan fingerprint density at radius 1 is 1.11 bits per heavy atom. The summed E-state index contributed by atoms with van der Waals surface area (Å²) in [4.78, 5) is 15.4. The molecule has 0 spiro atoms. The molecule has 0 unspecified atom stereocenters. The van der Waals surface area contributed by atoms with Crippen molar-refractivity contribution in [1.29, 1.82) is 0 Å². The van der Waals surface area contributed by atoms with E-state index in [0.717, 1.165) is 47.1 Å². The average molecular weight is 553 g/mol. The van der Waals surface area contributed by atoms with Crippen molar-refractivity contribution in [3.8, 4) is 0 Å². The second-order valence-corrected chi connectivity index (χ2v) is 11.6. The Hall–Kier alpha value is -2.77. The zero-order valence-corrected chi connectivity index (χ0v) is 22.3. The van der Waals surface area contributed by atoms with E-state index in [9.17, 15) is 27.1 Å². The lowest BCUT2D eigenvalue weighted by Crippen LogP contribution is -2.48. The highest BCUT2D eigenvalue weighted by Gasteiger charge is 2.29. The van der Waals surface area contributed by atoms with Crippen LogP contribution in [0.2, 0.25) is 0 Å². The molecule has 0 bridgehead atoms. The molecule has 2 atom stereocenters. The van der Waals surface area contributed by atoms with Crippen LogP contribution >= 0.6 is 11.3 Å². The fourth-order valence-corrected chi connectivity index (χ4v) is 6.54. The summed E-state index contributed by atoms with van der Waals surface area (Å²) in [6, 6.07) is 9.71. The molecule has 12 heteroatoms. The minimum Gasteiger partial charge on any atom is -0.390 e. The largest absolute Gasteiger partial charge is 0.390 e. The van der Waals surface area contributed by atoms with Gasteiger partial charge in [-0.2, -0.15) is 0 Å². The van der Waals surface area contributed by atoms with Crippen molar-refractivity contribution in [2.45, 2.75) is 56.5 Å². The monoisotopic (exact) mass is 552 g/mol. The van der Waals surface area contributed by atoms with Gasteiger partial charge in [0.15, 0.2) is 9.34 Å². The van der Waals surface area contributed by atoms with E-state index in [1.165, 1.54) is 13.8 Å². The summed E-state index contributed by atoms with van der Waals surface area (Å²) in [5.41, 5.74) is 2.51. The van der Waals surface area contributed by atoms with Gasteiger partial charge in [-0.15, -0.1) is 0 Å². The van der Waals surface area contributed by atoms with Gasteiger partial charge < -0.3 is 15.7 Å². The van der Waals surface area contributed by atoms with Crippen LogP contribution in [0.3, 0.4) is 0 Å². The highest BCUT2D eigenvalue weighted by Crippen LogP contribution is 2.27. The topological polar surface area (TPSA) is 120 Å². The fraction of sp³-hybridized carbons (Fsp3) is 0.360. The Morgan fingerprint density at radius 2 is 1.78 bits per heavy atom. The molecule has 1 aromatic heterocycles. The molecule has 3 aromatic rings. The number of hydrogen-bond acceptors (Lipinski definition) is 7. The molecule has 0 fully saturated rings. The van der Waals surface area contributed by atoms with Crippen molar-refractivity contribution in [2.24, 2.45) is 0 Å². The predicted molar refractivity (Wildman–Crippen MR) is 139 cm³/mol. The smallest absolute Gasteiger partial charge is 0.252 e. The van der Waals surface area contributed by atoms with Crippen LogP contribution in [0.5, 0.6) is 0 Å². The number of nitrogens with one attached hydrogen (secondary N) is 3. The van der Waals surface area contributed by atoms with E-state index in [-0.39, 0.29) is 33.6 Å². The SMILES string of the molecule is CCc1cccc(CNC[C@@H](O)[C@H](Cc2cc(F)cc(F)c2)NS(=O)(=O)c2sc(NC(C)=O)nc2C)c1. The molecule has 4 N–H and O–H groups in total. The Balaban J connectivity index is 1.80. The quantitative estimate of drug-likeness (QED) is 0.274. The third kappa shape index (κ3) is 8.37. The van der Waals surface area contributed by atoms with Gasteiger partial charge in [0.1, 0.15) is 11.6 Å². The molecular weight excluding hydrogens is 522 g/mol. The zero-order chi connectivity index (χ0) is 27.2. The number of benzene rings is 2. The minimum atomic E-state index is -4.20. The van der Waals surface area contributed by atoms with Gasteiger partial charge in [-0.05, 0) is 48.6 Å². The van der Waals surface area contributed by atoms with Crippen LogP contribution in [0.15, 0.2) is 46.7 Å². The second kappa shape index (κ2) is 12.7. The molecule has 37 heavy (non-hydrogen) atoms. The molecule has 8 nitrogen and oxygen atoms in total. The first-order chi connectivity index (χ1) is 17.5. The average Bonchev–Trinajstić information content (AvgIpc) is 3.18. The van der Waals surface area contributed by atoms with Crippen LogP contribution < -0.4 is 15.4 Å². The van der Waals surface area contributed by atoms with E-state index in [2.05, 4.69) is 20.3 Å². The number of aliphatic hydroxyl groups excluding tert-OH is 1. The summed E-state index contributed by atoms with van der Waals surface area (Å²) in [7, 11) is -4.20. The van der Waals surface area contributed by atoms with Crippen LogP contribution in [-0.4, -0.2) is 43.1 Å². The van der Waals surface area contributed by atoms with Gasteiger partial charge in [0.25, 0.3) is 10.0 Å². The first kappa shape index (κ1) is 28.8. The number of hydrogen-bond donors (Lipinski definition) is 4. The number of nitrogens with zero attached hydrogens (tertiary/aromatic N) is 1. The molecule has 0 aliphatic rings. The molecule has 0 aliphatic heterocycles.